The Kier molecular flexibility index (Phi) is 3.32. The summed E-state index contributed by atoms with van der Waals surface area (Å²) in [7, 11) is 0. The van der Waals surface area contributed by atoms with Crippen molar-refractivity contribution in [1.82, 2.24) is 19.5 Å². The fourth-order valence-corrected chi connectivity index (χ4v) is 2.56. The van der Waals surface area contributed by atoms with E-state index in [1.807, 2.05) is 0 Å². The molecule has 21 heavy (non-hydrogen) atoms. The van der Waals surface area contributed by atoms with Crippen LogP contribution in [0.2, 0.25) is 0 Å². The molecular weight excluding hydrogens is 281 g/mol. The number of fused-ring (bicyclic) bond motifs is 1. The standard InChI is InChI=1S/C12H14FN5O3/c13-12-16-10(14)7-11(17-12)18(4-15-7)6-3-5(1-2-19)8(20)9(6)21/h3-4,6,8-9,19-21H,1-2H2,(H2,14,16,17). The Hall–Kier alpha value is -2.10. The van der Waals surface area contributed by atoms with Crippen molar-refractivity contribution in [2.45, 2.75) is 24.7 Å². The van der Waals surface area contributed by atoms with E-state index >= 15 is 0 Å². The van der Waals surface area contributed by atoms with Gasteiger partial charge in [-0.05, 0) is 12.0 Å². The number of hydrogen-bond acceptors (Lipinski definition) is 7. The number of hydrogen-bond donors (Lipinski definition) is 4. The highest BCUT2D eigenvalue weighted by atomic mass is 19.1. The predicted octanol–water partition coefficient (Wildman–Crippen LogP) is -0.867. The molecule has 0 bridgehead atoms. The van der Waals surface area contributed by atoms with Crippen molar-refractivity contribution in [3.63, 3.8) is 0 Å². The Morgan fingerprint density at radius 2 is 2.10 bits per heavy atom. The molecule has 0 aliphatic heterocycles. The van der Waals surface area contributed by atoms with E-state index in [0.717, 1.165) is 0 Å². The molecule has 0 saturated carbocycles. The van der Waals surface area contributed by atoms with E-state index < -0.39 is 24.3 Å². The second kappa shape index (κ2) is 5.02. The topological polar surface area (TPSA) is 130 Å². The van der Waals surface area contributed by atoms with Gasteiger partial charge in [0.05, 0.1) is 12.4 Å². The Morgan fingerprint density at radius 1 is 1.33 bits per heavy atom. The Bertz CT molecular complexity index is 716. The smallest absolute Gasteiger partial charge is 0.312 e. The van der Waals surface area contributed by atoms with Gasteiger partial charge in [-0.15, -0.1) is 0 Å². The number of nitrogens with two attached hydrogens (primary N) is 1. The second-order valence-electron chi connectivity index (χ2n) is 4.84. The summed E-state index contributed by atoms with van der Waals surface area (Å²) in [6.07, 6.45) is -0.00897. The molecule has 112 valence electrons. The maximum Gasteiger partial charge on any atom is 0.312 e. The van der Waals surface area contributed by atoms with Crippen LogP contribution in [0, 0.1) is 6.08 Å². The summed E-state index contributed by atoms with van der Waals surface area (Å²) in [5.41, 5.74) is 6.45. The number of aromatic nitrogens is 4. The first-order valence-corrected chi connectivity index (χ1v) is 6.36. The second-order valence-corrected chi connectivity index (χ2v) is 4.84. The van der Waals surface area contributed by atoms with Gasteiger partial charge in [0.1, 0.15) is 17.7 Å². The van der Waals surface area contributed by atoms with E-state index in [9.17, 15) is 14.6 Å². The summed E-state index contributed by atoms with van der Waals surface area (Å²) < 4.78 is 14.7. The molecular formula is C12H14FN5O3. The molecule has 0 aromatic carbocycles. The normalized spacial score (nSPS) is 25.5. The largest absolute Gasteiger partial charge is 0.396 e. The number of anilines is 1. The Labute approximate surface area is 118 Å². The van der Waals surface area contributed by atoms with Gasteiger partial charge in [0.25, 0.3) is 0 Å². The molecule has 3 unspecified atom stereocenters. The lowest BCUT2D eigenvalue weighted by Crippen LogP contribution is -2.29. The first kappa shape index (κ1) is 13.9. The van der Waals surface area contributed by atoms with E-state index in [1.54, 1.807) is 6.08 Å². The number of rotatable bonds is 3. The molecule has 0 saturated heterocycles. The fourth-order valence-electron chi connectivity index (χ4n) is 2.56. The molecule has 0 radical (unpaired) electrons. The van der Waals surface area contributed by atoms with E-state index in [2.05, 4.69) is 15.0 Å². The van der Waals surface area contributed by atoms with Crippen molar-refractivity contribution < 1.29 is 19.7 Å². The number of nitrogen functional groups attached to an aromatic ring is 1. The van der Waals surface area contributed by atoms with Gasteiger partial charge < -0.3 is 25.6 Å². The van der Waals surface area contributed by atoms with Crippen LogP contribution in [0.25, 0.3) is 11.2 Å². The van der Waals surface area contributed by atoms with E-state index in [1.165, 1.54) is 10.9 Å². The minimum absolute atomic E-state index is 0.0937. The molecule has 0 spiro atoms. The molecule has 1 aliphatic rings. The van der Waals surface area contributed by atoms with Gasteiger partial charge in [-0.3, -0.25) is 0 Å². The molecule has 0 amide bonds. The van der Waals surface area contributed by atoms with Crippen molar-refractivity contribution in [2.75, 3.05) is 12.3 Å². The van der Waals surface area contributed by atoms with Crippen LogP contribution in [0.15, 0.2) is 18.0 Å². The first-order chi connectivity index (χ1) is 10.0. The van der Waals surface area contributed by atoms with Crippen LogP contribution >= 0.6 is 0 Å². The van der Waals surface area contributed by atoms with Crippen molar-refractivity contribution in [1.29, 1.82) is 0 Å². The summed E-state index contributed by atoms with van der Waals surface area (Å²) in [4.78, 5) is 11.0. The van der Waals surface area contributed by atoms with Gasteiger partial charge in [-0.25, -0.2) is 4.98 Å². The number of aliphatic hydroxyl groups is 3. The lowest BCUT2D eigenvalue weighted by atomic mass is 10.1. The SMILES string of the molecule is Nc1nc(F)nc2c1ncn2C1C=C(CCO)C(O)C1O. The third-order valence-corrected chi connectivity index (χ3v) is 3.58. The van der Waals surface area contributed by atoms with Crippen LogP contribution < -0.4 is 5.73 Å². The van der Waals surface area contributed by atoms with Gasteiger partial charge in [0.15, 0.2) is 11.5 Å². The summed E-state index contributed by atoms with van der Waals surface area (Å²) in [6.45, 7) is -0.142. The van der Waals surface area contributed by atoms with Crippen LogP contribution in [0.3, 0.4) is 0 Å². The van der Waals surface area contributed by atoms with Crippen molar-refractivity contribution in [2.24, 2.45) is 0 Å². The summed E-state index contributed by atoms with van der Waals surface area (Å²) in [6, 6.07) is -0.666. The van der Waals surface area contributed by atoms with Crippen LogP contribution in [0.1, 0.15) is 12.5 Å². The molecule has 3 rings (SSSR count). The Morgan fingerprint density at radius 3 is 2.81 bits per heavy atom. The zero-order valence-corrected chi connectivity index (χ0v) is 10.9. The number of nitrogens with zero attached hydrogens (tertiary/aromatic N) is 4. The third-order valence-electron chi connectivity index (χ3n) is 3.58. The lowest BCUT2D eigenvalue weighted by Gasteiger charge is -2.18. The number of aliphatic hydroxyl groups excluding tert-OH is 3. The average Bonchev–Trinajstić information content (AvgIpc) is 2.96. The molecule has 0 fully saturated rings. The van der Waals surface area contributed by atoms with Gasteiger partial charge in [-0.2, -0.15) is 14.4 Å². The zero-order valence-electron chi connectivity index (χ0n) is 10.9. The minimum atomic E-state index is -1.14. The first-order valence-electron chi connectivity index (χ1n) is 6.36. The van der Waals surface area contributed by atoms with Crippen LogP contribution in [0.4, 0.5) is 10.2 Å². The molecule has 1 aliphatic carbocycles. The van der Waals surface area contributed by atoms with Gasteiger partial charge >= 0.3 is 6.08 Å². The van der Waals surface area contributed by atoms with E-state index in [4.69, 9.17) is 10.8 Å². The van der Waals surface area contributed by atoms with Gasteiger partial charge in [-0.1, -0.05) is 6.08 Å². The van der Waals surface area contributed by atoms with Gasteiger partial charge in [0, 0.05) is 6.61 Å². The quantitative estimate of drug-likeness (QED) is 0.428. The highest BCUT2D eigenvalue weighted by Crippen LogP contribution is 2.33. The van der Waals surface area contributed by atoms with Crippen molar-refractivity contribution >= 4 is 17.0 Å². The summed E-state index contributed by atoms with van der Waals surface area (Å²) in [5.74, 6) is -0.0937. The summed E-state index contributed by atoms with van der Waals surface area (Å²) >= 11 is 0. The molecule has 3 atom stereocenters. The predicted molar refractivity (Wildman–Crippen MR) is 70.5 cm³/mol. The van der Waals surface area contributed by atoms with Crippen LogP contribution in [-0.2, 0) is 0 Å². The monoisotopic (exact) mass is 295 g/mol. The third kappa shape index (κ3) is 2.15. The number of halogens is 1. The average molecular weight is 295 g/mol. The Balaban J connectivity index is 2.09. The molecule has 9 heteroatoms. The van der Waals surface area contributed by atoms with Crippen molar-refractivity contribution in [3.8, 4) is 0 Å². The molecule has 2 aromatic rings. The molecule has 8 nitrogen and oxygen atoms in total. The molecule has 2 aromatic heterocycles. The molecule has 2 heterocycles. The summed E-state index contributed by atoms with van der Waals surface area (Å²) in [5, 5.41) is 29.0. The van der Waals surface area contributed by atoms with Gasteiger partial charge in [0.2, 0.25) is 0 Å². The van der Waals surface area contributed by atoms with Crippen LogP contribution in [0.5, 0.6) is 0 Å². The maximum absolute atomic E-state index is 13.3. The minimum Gasteiger partial charge on any atom is -0.396 e. The number of imidazole rings is 1. The maximum atomic E-state index is 13.3. The van der Waals surface area contributed by atoms with E-state index in [-0.39, 0.29) is 30.0 Å². The fraction of sp³-hybridized carbons (Fsp3) is 0.417. The lowest BCUT2D eigenvalue weighted by molar-refractivity contribution is 0.0307. The highest BCUT2D eigenvalue weighted by Gasteiger charge is 2.36. The van der Waals surface area contributed by atoms with E-state index in [0.29, 0.717) is 5.57 Å². The highest BCUT2D eigenvalue weighted by molar-refractivity contribution is 5.81. The zero-order chi connectivity index (χ0) is 15.1. The molecule has 5 N–H and O–H groups in total. The van der Waals surface area contributed by atoms with Crippen LogP contribution in [-0.4, -0.2) is 53.7 Å². The van der Waals surface area contributed by atoms with Crippen molar-refractivity contribution in [3.05, 3.63) is 24.1 Å².